The second kappa shape index (κ2) is 11.8. The summed E-state index contributed by atoms with van der Waals surface area (Å²) >= 11 is 0. The van der Waals surface area contributed by atoms with Crippen LogP contribution in [0.4, 0.5) is 0 Å². The monoisotopic (exact) mass is 442 g/mol. The lowest BCUT2D eigenvalue weighted by atomic mass is 10.3. The average molecular weight is 442 g/mol. The lowest BCUT2D eigenvalue weighted by Crippen LogP contribution is -2.38. The van der Waals surface area contributed by atoms with Crippen molar-refractivity contribution in [2.45, 2.75) is 19.9 Å². The van der Waals surface area contributed by atoms with Gasteiger partial charge < -0.3 is 19.9 Å². The normalized spacial score (nSPS) is 10.8. The fourth-order valence-corrected chi connectivity index (χ4v) is 2.15. The minimum absolute atomic E-state index is 0. The first-order chi connectivity index (χ1) is 11.3. The number of aryl methyl sites for hydroxylation is 1. The largest absolute Gasteiger partial charge is 0.494 e. The van der Waals surface area contributed by atoms with Gasteiger partial charge in [-0.3, -0.25) is 0 Å². The number of halogens is 1. The second-order valence-corrected chi connectivity index (χ2v) is 5.32. The van der Waals surface area contributed by atoms with Gasteiger partial charge in [0.15, 0.2) is 5.96 Å². The van der Waals surface area contributed by atoms with E-state index >= 15 is 0 Å². The van der Waals surface area contributed by atoms with Crippen LogP contribution < -0.4 is 15.4 Å². The van der Waals surface area contributed by atoms with Gasteiger partial charge in [0.2, 0.25) is 0 Å². The number of para-hydroxylation sites is 1. The molecule has 2 aromatic rings. The quantitative estimate of drug-likeness (QED) is 0.286. The van der Waals surface area contributed by atoms with Crippen molar-refractivity contribution in [3.8, 4) is 5.75 Å². The zero-order valence-corrected chi connectivity index (χ0v) is 16.7. The highest BCUT2D eigenvalue weighted by molar-refractivity contribution is 14.0. The molecule has 0 bridgehead atoms. The number of nitrogens with one attached hydrogen (secondary N) is 2. The second-order valence-electron chi connectivity index (χ2n) is 5.32. The Hall–Kier alpha value is -1.70. The fourth-order valence-electron chi connectivity index (χ4n) is 2.15. The molecule has 0 fully saturated rings. The maximum absolute atomic E-state index is 5.68. The Morgan fingerprint density at radius 1 is 1.17 bits per heavy atom. The molecule has 1 aromatic heterocycles. The van der Waals surface area contributed by atoms with E-state index in [0.717, 1.165) is 31.2 Å². The molecule has 1 heterocycles. The van der Waals surface area contributed by atoms with Crippen LogP contribution in [0, 0.1) is 0 Å². The van der Waals surface area contributed by atoms with Gasteiger partial charge >= 0.3 is 0 Å². The fraction of sp³-hybridized carbons (Fsp3) is 0.389. The van der Waals surface area contributed by atoms with Crippen LogP contribution in [0.25, 0.3) is 0 Å². The molecule has 0 unspecified atom stereocenters. The SMILES string of the molecule is CCNC(=NCc1ccn(C)c1)NCCCOc1ccccc1.I. The van der Waals surface area contributed by atoms with Crippen molar-refractivity contribution in [2.75, 3.05) is 19.7 Å². The van der Waals surface area contributed by atoms with Gasteiger partial charge in [-0.25, -0.2) is 4.99 Å². The molecule has 0 saturated carbocycles. The van der Waals surface area contributed by atoms with E-state index in [2.05, 4.69) is 34.8 Å². The van der Waals surface area contributed by atoms with Crippen LogP contribution in [0.5, 0.6) is 5.75 Å². The van der Waals surface area contributed by atoms with E-state index in [0.29, 0.717) is 13.2 Å². The molecule has 24 heavy (non-hydrogen) atoms. The molecule has 1 aromatic carbocycles. The van der Waals surface area contributed by atoms with Gasteiger partial charge in [0.25, 0.3) is 0 Å². The molecule has 2 rings (SSSR count). The highest BCUT2D eigenvalue weighted by Crippen LogP contribution is 2.08. The number of rotatable bonds is 8. The van der Waals surface area contributed by atoms with Crippen LogP contribution >= 0.6 is 24.0 Å². The van der Waals surface area contributed by atoms with Gasteiger partial charge in [0, 0.05) is 32.5 Å². The van der Waals surface area contributed by atoms with Crippen molar-refractivity contribution in [1.29, 1.82) is 0 Å². The highest BCUT2D eigenvalue weighted by atomic mass is 127. The van der Waals surface area contributed by atoms with Gasteiger partial charge in [-0.1, -0.05) is 18.2 Å². The Labute approximate surface area is 161 Å². The van der Waals surface area contributed by atoms with Crippen molar-refractivity contribution in [1.82, 2.24) is 15.2 Å². The minimum Gasteiger partial charge on any atom is -0.494 e. The van der Waals surface area contributed by atoms with Crippen LogP contribution in [-0.2, 0) is 13.6 Å². The van der Waals surface area contributed by atoms with Crippen LogP contribution in [-0.4, -0.2) is 30.2 Å². The molecule has 0 aliphatic carbocycles. The summed E-state index contributed by atoms with van der Waals surface area (Å²) < 4.78 is 7.71. The number of aromatic nitrogens is 1. The smallest absolute Gasteiger partial charge is 0.191 e. The number of benzene rings is 1. The third kappa shape index (κ3) is 7.72. The van der Waals surface area contributed by atoms with Gasteiger partial charge in [0.05, 0.1) is 13.2 Å². The van der Waals surface area contributed by atoms with Gasteiger partial charge in [-0.15, -0.1) is 24.0 Å². The Morgan fingerprint density at radius 2 is 1.96 bits per heavy atom. The van der Waals surface area contributed by atoms with Crippen LogP contribution in [0.2, 0.25) is 0 Å². The summed E-state index contributed by atoms with van der Waals surface area (Å²) in [5, 5.41) is 6.60. The summed E-state index contributed by atoms with van der Waals surface area (Å²) in [5.74, 6) is 1.76. The summed E-state index contributed by atoms with van der Waals surface area (Å²) in [6, 6.07) is 12.0. The topological polar surface area (TPSA) is 50.6 Å². The molecule has 0 spiro atoms. The number of guanidine groups is 1. The Kier molecular flexibility index (Phi) is 9.98. The third-order valence-corrected chi connectivity index (χ3v) is 3.28. The number of hydrogen-bond donors (Lipinski definition) is 2. The lowest BCUT2D eigenvalue weighted by Gasteiger charge is -2.11. The van der Waals surface area contributed by atoms with Gasteiger partial charge in [-0.05, 0) is 37.1 Å². The standard InChI is InChI=1S/C18H26N4O.HI/c1-3-19-18(21-14-16-10-12-22(2)15-16)20-11-7-13-23-17-8-5-4-6-9-17;/h4-6,8-10,12,15H,3,7,11,13-14H2,1-2H3,(H2,19,20,21);1H. The lowest BCUT2D eigenvalue weighted by molar-refractivity contribution is 0.311. The Balaban J connectivity index is 0.00000288. The molecular formula is C18H27IN4O. The first-order valence-electron chi connectivity index (χ1n) is 8.09. The van der Waals surface area contributed by atoms with Crippen molar-refractivity contribution in [3.63, 3.8) is 0 Å². The summed E-state index contributed by atoms with van der Waals surface area (Å²) in [7, 11) is 2.02. The van der Waals surface area contributed by atoms with E-state index in [1.54, 1.807) is 0 Å². The molecule has 0 radical (unpaired) electrons. The molecule has 0 aliphatic rings. The molecule has 5 nitrogen and oxygen atoms in total. The number of ether oxygens (including phenoxy) is 1. The van der Waals surface area contributed by atoms with Crippen molar-refractivity contribution < 1.29 is 4.74 Å². The van der Waals surface area contributed by atoms with Gasteiger partial charge in [-0.2, -0.15) is 0 Å². The van der Waals surface area contributed by atoms with Gasteiger partial charge in [0.1, 0.15) is 5.75 Å². The van der Waals surface area contributed by atoms with E-state index in [1.165, 1.54) is 5.56 Å². The Morgan fingerprint density at radius 3 is 2.62 bits per heavy atom. The predicted molar refractivity (Wildman–Crippen MR) is 110 cm³/mol. The predicted octanol–water partition coefficient (Wildman–Crippen LogP) is 3.17. The minimum atomic E-state index is 0. The number of nitrogens with zero attached hydrogens (tertiary/aromatic N) is 2. The molecule has 6 heteroatoms. The van der Waals surface area contributed by atoms with Crippen molar-refractivity contribution >= 4 is 29.9 Å². The molecule has 2 N–H and O–H groups in total. The van der Waals surface area contributed by atoms with E-state index < -0.39 is 0 Å². The molecular weight excluding hydrogens is 415 g/mol. The number of hydrogen-bond acceptors (Lipinski definition) is 2. The van der Waals surface area contributed by atoms with E-state index in [9.17, 15) is 0 Å². The third-order valence-electron chi connectivity index (χ3n) is 3.28. The first kappa shape index (κ1) is 20.3. The zero-order valence-electron chi connectivity index (χ0n) is 14.4. The maximum atomic E-state index is 5.68. The highest BCUT2D eigenvalue weighted by Gasteiger charge is 1.99. The van der Waals surface area contributed by atoms with Crippen molar-refractivity contribution in [2.24, 2.45) is 12.0 Å². The van der Waals surface area contributed by atoms with Crippen LogP contribution in [0.3, 0.4) is 0 Å². The first-order valence-corrected chi connectivity index (χ1v) is 8.09. The van der Waals surface area contributed by atoms with Crippen molar-refractivity contribution in [3.05, 3.63) is 54.4 Å². The average Bonchev–Trinajstić information content (AvgIpc) is 2.98. The van der Waals surface area contributed by atoms with Crippen LogP contribution in [0.1, 0.15) is 18.9 Å². The molecule has 0 saturated heterocycles. The summed E-state index contributed by atoms with van der Waals surface area (Å²) in [5.41, 5.74) is 1.21. The summed E-state index contributed by atoms with van der Waals surface area (Å²) in [6.07, 6.45) is 5.04. The Bertz CT molecular complexity index is 598. The summed E-state index contributed by atoms with van der Waals surface area (Å²) in [4.78, 5) is 4.59. The molecule has 0 amide bonds. The zero-order chi connectivity index (χ0) is 16.3. The van der Waals surface area contributed by atoms with Crippen LogP contribution in [0.15, 0.2) is 53.8 Å². The molecule has 0 aliphatic heterocycles. The molecule has 0 atom stereocenters. The maximum Gasteiger partial charge on any atom is 0.191 e. The summed E-state index contributed by atoms with van der Waals surface area (Å²) in [6.45, 7) is 5.11. The van der Waals surface area contributed by atoms with E-state index in [4.69, 9.17) is 4.74 Å². The number of aliphatic imine (C=N–C) groups is 1. The van der Waals surface area contributed by atoms with E-state index in [-0.39, 0.29) is 24.0 Å². The van der Waals surface area contributed by atoms with E-state index in [1.807, 2.05) is 48.1 Å². The molecule has 132 valence electrons.